The number of nitrogens with zero attached hydrogens (tertiary/aromatic N) is 3. The zero-order valence-corrected chi connectivity index (χ0v) is 12.0. The zero-order chi connectivity index (χ0) is 14.4. The highest BCUT2D eigenvalue weighted by Crippen LogP contribution is 2.19. The SMILES string of the molecule is CC1CCN(Cc2ccccc2C=NN=C(N)N)CC1. The summed E-state index contributed by atoms with van der Waals surface area (Å²) in [5.41, 5.74) is 12.9. The molecular weight excluding hydrogens is 250 g/mol. The molecule has 0 spiro atoms. The van der Waals surface area contributed by atoms with E-state index in [1.807, 2.05) is 12.1 Å². The third-order valence-electron chi connectivity index (χ3n) is 3.70. The van der Waals surface area contributed by atoms with Gasteiger partial charge in [-0.25, -0.2) is 0 Å². The van der Waals surface area contributed by atoms with Crippen LogP contribution in [0.1, 0.15) is 30.9 Å². The number of nitrogens with two attached hydrogens (primary N) is 2. The standard InChI is InChI=1S/C15H23N5/c1-12-6-8-20(9-7-12)11-14-5-3-2-4-13(14)10-18-19-15(16)17/h2-5,10,12H,6-9,11H2,1H3,(H4,16,17,19). The van der Waals surface area contributed by atoms with Crippen LogP contribution in [0.3, 0.4) is 0 Å². The van der Waals surface area contributed by atoms with E-state index in [9.17, 15) is 0 Å². The molecular formula is C15H23N5. The third kappa shape index (κ3) is 4.35. The Morgan fingerprint density at radius 2 is 2.00 bits per heavy atom. The lowest BCUT2D eigenvalue weighted by atomic mass is 9.98. The van der Waals surface area contributed by atoms with Crippen LogP contribution in [0.15, 0.2) is 34.5 Å². The maximum atomic E-state index is 5.26. The summed E-state index contributed by atoms with van der Waals surface area (Å²) in [6.45, 7) is 5.62. The fourth-order valence-electron chi connectivity index (χ4n) is 2.42. The summed E-state index contributed by atoms with van der Waals surface area (Å²) in [5, 5.41) is 7.55. The van der Waals surface area contributed by atoms with Crippen molar-refractivity contribution >= 4 is 12.2 Å². The Balaban J connectivity index is 2.04. The minimum Gasteiger partial charge on any atom is -0.369 e. The average Bonchev–Trinajstić information content (AvgIpc) is 2.43. The van der Waals surface area contributed by atoms with Crippen molar-refractivity contribution in [1.82, 2.24) is 4.90 Å². The molecule has 0 amide bonds. The van der Waals surface area contributed by atoms with E-state index in [1.54, 1.807) is 6.21 Å². The van der Waals surface area contributed by atoms with Gasteiger partial charge in [-0.05, 0) is 43.0 Å². The molecule has 0 aliphatic carbocycles. The van der Waals surface area contributed by atoms with Gasteiger partial charge in [-0.3, -0.25) is 4.90 Å². The second kappa shape index (κ2) is 7.05. The van der Waals surface area contributed by atoms with E-state index >= 15 is 0 Å². The topological polar surface area (TPSA) is 80.0 Å². The van der Waals surface area contributed by atoms with Gasteiger partial charge in [0.15, 0.2) is 0 Å². The predicted octanol–water partition coefficient (Wildman–Crippen LogP) is 1.53. The Morgan fingerprint density at radius 3 is 2.70 bits per heavy atom. The van der Waals surface area contributed by atoms with E-state index < -0.39 is 0 Å². The van der Waals surface area contributed by atoms with Crippen LogP contribution in [0.5, 0.6) is 0 Å². The summed E-state index contributed by atoms with van der Waals surface area (Å²) in [6.07, 6.45) is 4.27. The highest BCUT2D eigenvalue weighted by Gasteiger charge is 2.16. The molecule has 5 nitrogen and oxygen atoms in total. The van der Waals surface area contributed by atoms with Crippen molar-refractivity contribution in [3.8, 4) is 0 Å². The van der Waals surface area contributed by atoms with E-state index in [4.69, 9.17) is 11.5 Å². The van der Waals surface area contributed by atoms with Gasteiger partial charge < -0.3 is 11.5 Å². The number of guanidine groups is 1. The second-order valence-corrected chi connectivity index (χ2v) is 5.43. The average molecular weight is 273 g/mol. The molecule has 0 bridgehead atoms. The second-order valence-electron chi connectivity index (χ2n) is 5.43. The van der Waals surface area contributed by atoms with Gasteiger partial charge in [-0.15, -0.1) is 5.10 Å². The Kier molecular flexibility index (Phi) is 5.12. The number of piperidine rings is 1. The monoisotopic (exact) mass is 273 g/mol. The van der Waals surface area contributed by atoms with Gasteiger partial charge in [0, 0.05) is 6.54 Å². The molecule has 20 heavy (non-hydrogen) atoms. The lowest BCUT2D eigenvalue weighted by molar-refractivity contribution is 0.185. The summed E-state index contributed by atoms with van der Waals surface area (Å²) < 4.78 is 0. The van der Waals surface area contributed by atoms with Crippen LogP contribution < -0.4 is 11.5 Å². The smallest absolute Gasteiger partial charge is 0.211 e. The van der Waals surface area contributed by atoms with Crippen molar-refractivity contribution in [3.05, 3.63) is 35.4 Å². The predicted molar refractivity (Wildman–Crippen MR) is 83.5 cm³/mol. The van der Waals surface area contributed by atoms with Crippen molar-refractivity contribution in [2.45, 2.75) is 26.3 Å². The first kappa shape index (κ1) is 14.5. The largest absolute Gasteiger partial charge is 0.369 e. The Hall–Kier alpha value is -1.88. The van der Waals surface area contributed by atoms with Crippen LogP contribution in [0, 0.1) is 5.92 Å². The fourth-order valence-corrected chi connectivity index (χ4v) is 2.42. The van der Waals surface area contributed by atoms with Crippen molar-refractivity contribution in [2.24, 2.45) is 27.6 Å². The van der Waals surface area contributed by atoms with Crippen molar-refractivity contribution in [3.63, 3.8) is 0 Å². The molecule has 4 N–H and O–H groups in total. The van der Waals surface area contributed by atoms with Gasteiger partial charge in [-0.2, -0.15) is 5.10 Å². The third-order valence-corrected chi connectivity index (χ3v) is 3.70. The normalized spacial score (nSPS) is 17.4. The molecule has 1 saturated heterocycles. The van der Waals surface area contributed by atoms with Gasteiger partial charge in [0.25, 0.3) is 0 Å². The van der Waals surface area contributed by atoms with Crippen molar-refractivity contribution < 1.29 is 0 Å². The zero-order valence-electron chi connectivity index (χ0n) is 12.0. The molecule has 0 atom stereocenters. The maximum absolute atomic E-state index is 5.26. The number of likely N-dealkylation sites (tertiary alicyclic amines) is 1. The lowest BCUT2D eigenvalue weighted by Crippen LogP contribution is -2.32. The van der Waals surface area contributed by atoms with Gasteiger partial charge in [0.2, 0.25) is 5.96 Å². The first-order valence-corrected chi connectivity index (χ1v) is 7.07. The maximum Gasteiger partial charge on any atom is 0.211 e. The van der Waals surface area contributed by atoms with Crippen LogP contribution >= 0.6 is 0 Å². The number of benzene rings is 1. The molecule has 1 aliphatic rings. The first-order valence-electron chi connectivity index (χ1n) is 7.07. The summed E-state index contributed by atoms with van der Waals surface area (Å²) in [6, 6.07) is 8.22. The van der Waals surface area contributed by atoms with Crippen LogP contribution in [-0.4, -0.2) is 30.2 Å². The molecule has 0 saturated carbocycles. The highest BCUT2D eigenvalue weighted by molar-refractivity contribution is 5.83. The van der Waals surface area contributed by atoms with Crippen molar-refractivity contribution in [1.29, 1.82) is 0 Å². The van der Waals surface area contributed by atoms with Crippen LogP contribution in [0.2, 0.25) is 0 Å². The van der Waals surface area contributed by atoms with E-state index in [0.29, 0.717) is 0 Å². The summed E-state index contributed by atoms with van der Waals surface area (Å²) >= 11 is 0. The molecule has 5 heteroatoms. The Morgan fingerprint density at radius 1 is 1.30 bits per heavy atom. The molecule has 1 heterocycles. The molecule has 0 unspecified atom stereocenters. The fraction of sp³-hybridized carbons (Fsp3) is 0.467. The quantitative estimate of drug-likeness (QED) is 0.496. The molecule has 0 radical (unpaired) electrons. The molecule has 1 aromatic rings. The first-order chi connectivity index (χ1) is 9.65. The van der Waals surface area contributed by atoms with Gasteiger partial charge in [-0.1, -0.05) is 31.2 Å². The summed E-state index contributed by atoms with van der Waals surface area (Å²) in [4.78, 5) is 2.49. The molecule has 108 valence electrons. The van der Waals surface area contributed by atoms with Crippen LogP contribution in [0.25, 0.3) is 0 Å². The Bertz CT molecular complexity index is 483. The highest BCUT2D eigenvalue weighted by atomic mass is 15.3. The number of hydrogen-bond acceptors (Lipinski definition) is 3. The minimum atomic E-state index is -0.0243. The van der Waals surface area contributed by atoms with Gasteiger partial charge >= 0.3 is 0 Å². The van der Waals surface area contributed by atoms with Gasteiger partial charge in [0.1, 0.15) is 0 Å². The lowest BCUT2D eigenvalue weighted by Gasteiger charge is -2.30. The molecule has 1 fully saturated rings. The van der Waals surface area contributed by atoms with Gasteiger partial charge in [0.05, 0.1) is 6.21 Å². The number of hydrogen-bond donors (Lipinski definition) is 2. The van der Waals surface area contributed by atoms with Crippen LogP contribution in [0.4, 0.5) is 0 Å². The summed E-state index contributed by atoms with van der Waals surface area (Å²) in [7, 11) is 0. The molecule has 1 aromatic carbocycles. The minimum absolute atomic E-state index is 0.0243. The Labute approximate surface area is 120 Å². The van der Waals surface area contributed by atoms with Crippen molar-refractivity contribution in [2.75, 3.05) is 13.1 Å². The van der Waals surface area contributed by atoms with E-state index in [0.717, 1.165) is 18.0 Å². The molecule has 0 aromatic heterocycles. The molecule has 1 aliphatic heterocycles. The summed E-state index contributed by atoms with van der Waals surface area (Å²) in [5.74, 6) is 0.827. The number of rotatable bonds is 4. The van der Waals surface area contributed by atoms with Crippen LogP contribution in [-0.2, 0) is 6.54 Å². The van der Waals surface area contributed by atoms with E-state index in [2.05, 4.69) is 34.2 Å². The van der Waals surface area contributed by atoms with E-state index in [-0.39, 0.29) is 5.96 Å². The van der Waals surface area contributed by atoms with E-state index in [1.165, 1.54) is 31.5 Å². The molecule has 2 rings (SSSR count).